The Morgan fingerprint density at radius 2 is 1.78 bits per heavy atom. The van der Waals surface area contributed by atoms with Gasteiger partial charge >= 0.3 is 6.09 Å². The van der Waals surface area contributed by atoms with Gasteiger partial charge in [0.1, 0.15) is 17.7 Å². The molecule has 4 heterocycles. The molecule has 2 aromatic carbocycles. The molecule has 12 heteroatoms. The summed E-state index contributed by atoms with van der Waals surface area (Å²) in [5.74, 6) is 0.454. The van der Waals surface area contributed by atoms with Crippen molar-refractivity contribution in [2.45, 2.75) is 45.8 Å². The molecule has 0 bridgehead atoms. The van der Waals surface area contributed by atoms with Gasteiger partial charge < -0.3 is 28.9 Å². The standard InChI is InChI=1S/C33H40ClFN4O6/c1-21-4-5-27(14-30(21)34)39(33(42)45-28-6-10-37(11-7-28)22(2)40)9-3-8-36-15-24-17-38(18-25(24)16-36)32(41)29-13-26(35)12-23-19-43-20-44-31(23)29/h4-5,12-14,24-25,28H,3,6-11,15-20H2,1-2H3. The molecule has 4 aliphatic rings. The van der Waals surface area contributed by atoms with E-state index in [9.17, 15) is 18.8 Å². The van der Waals surface area contributed by atoms with Crippen LogP contribution in [0.4, 0.5) is 14.9 Å². The lowest BCUT2D eigenvalue weighted by Crippen LogP contribution is -2.43. The number of likely N-dealkylation sites (tertiary alicyclic amines) is 3. The molecule has 6 rings (SSSR count). The monoisotopic (exact) mass is 642 g/mol. The molecule has 4 aliphatic heterocycles. The van der Waals surface area contributed by atoms with Crippen molar-refractivity contribution in [3.63, 3.8) is 0 Å². The van der Waals surface area contributed by atoms with Crippen molar-refractivity contribution in [1.29, 1.82) is 0 Å². The Balaban J connectivity index is 1.03. The van der Waals surface area contributed by atoms with Gasteiger partial charge in [-0.1, -0.05) is 17.7 Å². The topological polar surface area (TPSA) is 91.9 Å². The van der Waals surface area contributed by atoms with Crippen molar-refractivity contribution in [3.8, 4) is 5.75 Å². The summed E-state index contributed by atoms with van der Waals surface area (Å²) in [6.45, 7) is 9.12. The summed E-state index contributed by atoms with van der Waals surface area (Å²) in [5, 5.41) is 0.588. The first kappa shape index (κ1) is 31.6. The smallest absolute Gasteiger partial charge is 0.414 e. The third kappa shape index (κ3) is 7.05. The van der Waals surface area contributed by atoms with Crippen molar-refractivity contribution >= 4 is 35.2 Å². The van der Waals surface area contributed by atoms with Crippen LogP contribution in [0.5, 0.6) is 5.75 Å². The highest BCUT2D eigenvalue weighted by Crippen LogP contribution is 2.35. The second-order valence-corrected chi connectivity index (χ2v) is 13.0. The van der Waals surface area contributed by atoms with E-state index in [4.69, 9.17) is 25.8 Å². The van der Waals surface area contributed by atoms with Gasteiger partial charge in [0.15, 0.2) is 6.79 Å². The van der Waals surface area contributed by atoms with Crippen LogP contribution in [-0.2, 0) is 20.9 Å². The highest BCUT2D eigenvalue weighted by Gasteiger charge is 2.42. The quantitative estimate of drug-likeness (QED) is 0.432. The number of rotatable bonds is 7. The molecule has 242 valence electrons. The zero-order valence-corrected chi connectivity index (χ0v) is 26.6. The molecule has 3 fully saturated rings. The summed E-state index contributed by atoms with van der Waals surface area (Å²) in [4.78, 5) is 46.2. The summed E-state index contributed by atoms with van der Waals surface area (Å²) >= 11 is 6.42. The molecule has 3 amide bonds. The molecule has 3 saturated heterocycles. The molecule has 0 spiro atoms. The van der Waals surface area contributed by atoms with Gasteiger partial charge in [-0.15, -0.1) is 0 Å². The van der Waals surface area contributed by atoms with Crippen molar-refractivity contribution in [2.75, 3.05) is 64.1 Å². The summed E-state index contributed by atoms with van der Waals surface area (Å²) in [6, 6.07) is 8.21. The van der Waals surface area contributed by atoms with Crippen LogP contribution in [0.25, 0.3) is 0 Å². The molecular weight excluding hydrogens is 603 g/mol. The Morgan fingerprint density at radius 3 is 2.47 bits per heavy atom. The molecule has 2 atom stereocenters. The molecule has 0 saturated carbocycles. The van der Waals surface area contributed by atoms with E-state index in [2.05, 4.69) is 4.90 Å². The summed E-state index contributed by atoms with van der Waals surface area (Å²) in [7, 11) is 0. The number of amides is 3. The first-order valence-electron chi connectivity index (χ1n) is 15.7. The number of piperidine rings is 1. The number of hydrogen-bond acceptors (Lipinski definition) is 7. The lowest BCUT2D eigenvalue weighted by Gasteiger charge is -2.32. The van der Waals surface area contributed by atoms with Crippen molar-refractivity contribution in [1.82, 2.24) is 14.7 Å². The fourth-order valence-electron chi connectivity index (χ4n) is 6.97. The zero-order chi connectivity index (χ0) is 31.7. The van der Waals surface area contributed by atoms with E-state index in [1.165, 1.54) is 12.1 Å². The molecular formula is C33H40ClFN4O6. The highest BCUT2D eigenvalue weighted by molar-refractivity contribution is 6.31. The zero-order valence-electron chi connectivity index (χ0n) is 25.8. The number of halogens is 2. The van der Waals surface area contributed by atoms with Gasteiger partial charge in [0.2, 0.25) is 5.91 Å². The number of benzene rings is 2. The van der Waals surface area contributed by atoms with Crippen LogP contribution in [0.15, 0.2) is 30.3 Å². The van der Waals surface area contributed by atoms with E-state index in [-0.39, 0.29) is 36.9 Å². The SMILES string of the molecule is CC(=O)N1CCC(OC(=O)N(CCCN2CC3CN(C(=O)c4cc(F)cc5c4OCOC5)CC3C2)c2ccc(C)c(Cl)c2)CC1. The predicted octanol–water partition coefficient (Wildman–Crippen LogP) is 4.70. The van der Waals surface area contributed by atoms with Crippen LogP contribution in [0.2, 0.25) is 5.02 Å². The second kappa shape index (κ2) is 13.5. The summed E-state index contributed by atoms with van der Waals surface area (Å²) < 4.78 is 31.0. The highest BCUT2D eigenvalue weighted by atomic mass is 35.5. The molecule has 45 heavy (non-hydrogen) atoms. The molecule has 2 unspecified atom stereocenters. The first-order valence-corrected chi connectivity index (χ1v) is 16.1. The fraction of sp³-hybridized carbons (Fsp3) is 0.545. The van der Waals surface area contributed by atoms with Crippen molar-refractivity contribution in [2.24, 2.45) is 11.8 Å². The van der Waals surface area contributed by atoms with Gasteiger partial charge in [-0.3, -0.25) is 14.5 Å². The summed E-state index contributed by atoms with van der Waals surface area (Å²) in [6.07, 6.45) is 1.33. The van der Waals surface area contributed by atoms with Gasteiger partial charge in [0.25, 0.3) is 5.91 Å². The minimum atomic E-state index is -0.471. The lowest BCUT2D eigenvalue weighted by atomic mass is 10.0. The lowest BCUT2D eigenvalue weighted by molar-refractivity contribution is -0.130. The number of aryl methyl sites for hydroxylation is 1. The Kier molecular flexibility index (Phi) is 9.49. The van der Waals surface area contributed by atoms with Crippen LogP contribution in [0.3, 0.4) is 0 Å². The predicted molar refractivity (Wildman–Crippen MR) is 166 cm³/mol. The van der Waals surface area contributed by atoms with E-state index in [0.29, 0.717) is 79.4 Å². The van der Waals surface area contributed by atoms with Crippen LogP contribution in [-0.4, -0.2) is 97.9 Å². The fourth-order valence-corrected chi connectivity index (χ4v) is 7.15. The third-order valence-corrected chi connectivity index (χ3v) is 9.86. The van der Waals surface area contributed by atoms with Crippen molar-refractivity contribution < 1.29 is 33.0 Å². The van der Waals surface area contributed by atoms with Gasteiger partial charge in [-0.2, -0.15) is 0 Å². The van der Waals surface area contributed by atoms with Crippen LogP contribution in [0, 0.1) is 24.6 Å². The first-order chi connectivity index (χ1) is 21.7. The molecule has 0 aromatic heterocycles. The minimum absolute atomic E-state index is 0.0383. The second-order valence-electron chi connectivity index (χ2n) is 12.6. The van der Waals surface area contributed by atoms with Crippen LogP contribution < -0.4 is 9.64 Å². The molecule has 10 nitrogen and oxygen atoms in total. The number of carbonyl (C=O) groups is 3. The maximum atomic E-state index is 14.3. The largest absolute Gasteiger partial charge is 0.466 e. The van der Waals surface area contributed by atoms with E-state index in [1.54, 1.807) is 22.8 Å². The van der Waals surface area contributed by atoms with Gasteiger partial charge in [0, 0.05) is 81.9 Å². The number of nitrogens with zero attached hydrogens (tertiary/aromatic N) is 4. The average molecular weight is 643 g/mol. The normalized spacial score (nSPS) is 21.7. The Labute approximate surface area is 267 Å². The number of anilines is 1. The Morgan fingerprint density at radius 1 is 1.04 bits per heavy atom. The van der Waals surface area contributed by atoms with Gasteiger partial charge in [-0.05, 0) is 61.6 Å². The average Bonchev–Trinajstić information content (AvgIpc) is 3.59. The number of hydrogen-bond donors (Lipinski definition) is 0. The molecule has 0 N–H and O–H groups in total. The Hall–Kier alpha value is -3.41. The third-order valence-electron chi connectivity index (χ3n) is 9.45. The molecule has 2 aromatic rings. The maximum absolute atomic E-state index is 14.3. The summed E-state index contributed by atoms with van der Waals surface area (Å²) in [5.41, 5.74) is 2.44. The van der Waals surface area contributed by atoms with Gasteiger partial charge in [0.05, 0.1) is 12.2 Å². The molecule has 0 aliphatic carbocycles. The van der Waals surface area contributed by atoms with E-state index < -0.39 is 11.9 Å². The van der Waals surface area contributed by atoms with Crippen LogP contribution in [0.1, 0.15) is 47.7 Å². The van der Waals surface area contributed by atoms with E-state index >= 15 is 0 Å². The maximum Gasteiger partial charge on any atom is 0.414 e. The molecule has 0 radical (unpaired) electrons. The minimum Gasteiger partial charge on any atom is -0.466 e. The number of carbonyl (C=O) groups excluding carboxylic acids is 3. The number of fused-ring (bicyclic) bond motifs is 2. The van der Waals surface area contributed by atoms with Gasteiger partial charge in [-0.25, -0.2) is 9.18 Å². The Bertz CT molecular complexity index is 1440. The number of ether oxygens (including phenoxy) is 3. The van der Waals surface area contributed by atoms with Crippen LogP contribution >= 0.6 is 11.6 Å². The van der Waals surface area contributed by atoms with E-state index in [0.717, 1.165) is 31.6 Å². The van der Waals surface area contributed by atoms with E-state index in [1.807, 2.05) is 24.0 Å². The van der Waals surface area contributed by atoms with Crippen molar-refractivity contribution in [3.05, 3.63) is 57.9 Å².